The van der Waals surface area contributed by atoms with Crippen LogP contribution < -0.4 is 0 Å². The molecule has 0 aliphatic carbocycles. The highest BCUT2D eigenvalue weighted by Crippen LogP contribution is 1.79. The fourth-order valence-corrected chi connectivity index (χ4v) is 0.227. The average Bonchev–Trinajstić information content (AvgIpc) is 1.76. The summed E-state index contributed by atoms with van der Waals surface area (Å²) in [5, 5.41) is 0. The Morgan fingerprint density at radius 2 is 1.67 bits per heavy atom. The van der Waals surface area contributed by atoms with Crippen LogP contribution in [0.25, 0.3) is 0 Å². The standard InChI is InChI=1S/C4H4O.ClH/c1-2-4-5-3-1;/h1-4H;1H/p+2. The second kappa shape index (κ2) is 2.79. The first-order valence-corrected chi connectivity index (χ1v) is 1.47. The van der Waals surface area contributed by atoms with E-state index >= 15 is 0 Å². The lowest BCUT2D eigenvalue weighted by Gasteiger charge is -1.50. The maximum Gasteiger partial charge on any atom is 1.00 e. The van der Waals surface area contributed by atoms with Gasteiger partial charge >= 0.3 is 2.85 Å². The van der Waals surface area contributed by atoms with Crippen LogP contribution in [-0.4, -0.2) is 0 Å². The Hall–Kier alpha value is -0.430. The Bertz CT molecular complexity index is 70.5. The van der Waals surface area contributed by atoms with E-state index in [0.29, 0.717) is 0 Å². The van der Waals surface area contributed by atoms with Crippen molar-refractivity contribution >= 4 is 12.4 Å². The molecule has 0 fully saturated rings. The lowest BCUT2D eigenvalue weighted by molar-refractivity contribution is 0.567. The van der Waals surface area contributed by atoms with Crippen LogP contribution in [0.5, 0.6) is 0 Å². The van der Waals surface area contributed by atoms with Crippen LogP contribution in [-0.2, 0) is 0 Å². The normalized spacial score (nSPS) is 6.67. The third-order valence-electron chi connectivity index (χ3n) is 0.425. The maximum atomic E-state index is 4.58. The summed E-state index contributed by atoms with van der Waals surface area (Å²) >= 11 is 0. The van der Waals surface area contributed by atoms with Gasteiger partial charge in [-0.2, -0.15) is 0 Å². The SMILES string of the molecule is Cl.[H+].[H+].c1ccoc1. The molecule has 0 unspecified atom stereocenters. The molecule has 34 valence electrons. The highest BCUT2D eigenvalue weighted by molar-refractivity contribution is 5.85. The van der Waals surface area contributed by atoms with Gasteiger partial charge < -0.3 is 4.42 Å². The van der Waals surface area contributed by atoms with E-state index in [0.717, 1.165) is 0 Å². The van der Waals surface area contributed by atoms with E-state index in [4.69, 9.17) is 0 Å². The van der Waals surface area contributed by atoms with Crippen LogP contribution in [0.3, 0.4) is 0 Å². The Kier molecular flexibility index (Phi) is 2.59. The molecule has 1 nitrogen and oxygen atoms in total. The Morgan fingerprint density at radius 3 is 1.83 bits per heavy atom. The molecule has 0 radical (unpaired) electrons. The second-order valence-corrected chi connectivity index (χ2v) is 0.793. The topological polar surface area (TPSA) is 13.1 Å². The van der Waals surface area contributed by atoms with Gasteiger partial charge in [-0.15, -0.1) is 12.4 Å². The molecular formula is C4H7ClO+2. The molecule has 0 N–H and O–H groups in total. The summed E-state index contributed by atoms with van der Waals surface area (Å²) in [5.41, 5.74) is 0. The smallest absolute Gasteiger partial charge is 0.473 e. The molecule has 1 aromatic heterocycles. The highest BCUT2D eigenvalue weighted by atomic mass is 35.5. The van der Waals surface area contributed by atoms with Crippen molar-refractivity contribution < 1.29 is 7.27 Å². The zero-order valence-electron chi connectivity index (χ0n) is 5.13. The number of rotatable bonds is 0. The van der Waals surface area contributed by atoms with E-state index in [2.05, 4.69) is 4.42 Å². The van der Waals surface area contributed by atoms with E-state index in [1.807, 2.05) is 12.1 Å². The van der Waals surface area contributed by atoms with Crippen LogP contribution in [0.15, 0.2) is 29.1 Å². The molecule has 1 aromatic rings. The fourth-order valence-electron chi connectivity index (χ4n) is 0.227. The van der Waals surface area contributed by atoms with E-state index in [9.17, 15) is 0 Å². The van der Waals surface area contributed by atoms with Crippen molar-refractivity contribution in [1.82, 2.24) is 0 Å². The molecule has 0 bridgehead atoms. The summed E-state index contributed by atoms with van der Waals surface area (Å²) < 4.78 is 4.58. The molecule has 2 heteroatoms. The number of furan rings is 1. The van der Waals surface area contributed by atoms with Crippen molar-refractivity contribution in [1.29, 1.82) is 0 Å². The molecule has 0 aliphatic heterocycles. The van der Waals surface area contributed by atoms with E-state index in [1.165, 1.54) is 0 Å². The monoisotopic (exact) mass is 106 g/mol. The van der Waals surface area contributed by atoms with Crippen molar-refractivity contribution in [2.75, 3.05) is 0 Å². The first-order chi connectivity index (χ1) is 2.50. The molecule has 0 aliphatic rings. The summed E-state index contributed by atoms with van der Waals surface area (Å²) in [6.45, 7) is 0. The lowest BCUT2D eigenvalue weighted by atomic mass is 10.7. The molecule has 0 saturated heterocycles. The average molecular weight is 107 g/mol. The summed E-state index contributed by atoms with van der Waals surface area (Å²) in [5.74, 6) is 0. The number of hydrogen-bond donors (Lipinski definition) is 0. The van der Waals surface area contributed by atoms with Crippen molar-refractivity contribution in [2.24, 2.45) is 0 Å². The first kappa shape index (κ1) is 5.57. The van der Waals surface area contributed by atoms with Gasteiger partial charge in [0.25, 0.3) is 0 Å². The number of halogens is 1. The van der Waals surface area contributed by atoms with Crippen LogP contribution in [0.4, 0.5) is 0 Å². The minimum Gasteiger partial charge on any atom is -0.473 e. The van der Waals surface area contributed by atoms with Gasteiger partial charge in [0, 0.05) is 0 Å². The third-order valence-corrected chi connectivity index (χ3v) is 0.425. The van der Waals surface area contributed by atoms with Gasteiger partial charge in [-0.05, 0) is 12.1 Å². The summed E-state index contributed by atoms with van der Waals surface area (Å²) in [7, 11) is 0. The third kappa shape index (κ3) is 1.13. The molecule has 1 rings (SSSR count). The van der Waals surface area contributed by atoms with Crippen molar-refractivity contribution in [3.8, 4) is 0 Å². The molecule has 0 spiro atoms. The largest absolute Gasteiger partial charge is 1.00 e. The predicted molar refractivity (Wildman–Crippen MR) is 28.2 cm³/mol. The fraction of sp³-hybridized carbons (Fsp3) is 0. The zero-order valence-corrected chi connectivity index (χ0v) is 3.94. The van der Waals surface area contributed by atoms with Crippen LogP contribution in [0, 0.1) is 0 Å². The van der Waals surface area contributed by atoms with E-state index in [-0.39, 0.29) is 15.3 Å². The van der Waals surface area contributed by atoms with Gasteiger partial charge in [-0.1, -0.05) is 0 Å². The van der Waals surface area contributed by atoms with Gasteiger partial charge in [0.15, 0.2) is 0 Å². The quantitative estimate of drug-likeness (QED) is 0.493. The summed E-state index contributed by atoms with van der Waals surface area (Å²) in [6.07, 6.45) is 3.25. The Balaban J connectivity index is -0.0000000833. The minimum absolute atomic E-state index is 0. The van der Waals surface area contributed by atoms with E-state index < -0.39 is 0 Å². The predicted octanol–water partition coefficient (Wildman–Crippen LogP) is 1.93. The van der Waals surface area contributed by atoms with Crippen molar-refractivity contribution in [2.45, 2.75) is 0 Å². The molecule has 0 atom stereocenters. The molecule has 0 amide bonds. The van der Waals surface area contributed by atoms with Gasteiger partial charge in [0.2, 0.25) is 0 Å². The van der Waals surface area contributed by atoms with E-state index in [1.54, 1.807) is 12.5 Å². The zero-order chi connectivity index (χ0) is 3.54. The molecule has 6 heavy (non-hydrogen) atoms. The van der Waals surface area contributed by atoms with Crippen LogP contribution in [0.2, 0.25) is 0 Å². The highest BCUT2D eigenvalue weighted by Gasteiger charge is 1.58. The Morgan fingerprint density at radius 1 is 1.17 bits per heavy atom. The molecular weight excluding hydrogens is 99.5 g/mol. The summed E-state index contributed by atoms with van der Waals surface area (Å²) in [6, 6.07) is 3.67. The molecule has 0 saturated carbocycles. The van der Waals surface area contributed by atoms with Gasteiger partial charge in [-0.3, -0.25) is 0 Å². The number of hydrogen-bond acceptors (Lipinski definition) is 1. The van der Waals surface area contributed by atoms with Crippen LogP contribution >= 0.6 is 12.4 Å². The summed E-state index contributed by atoms with van der Waals surface area (Å²) in [4.78, 5) is 0. The van der Waals surface area contributed by atoms with Gasteiger partial charge in [0.05, 0.1) is 12.5 Å². The minimum atomic E-state index is 0. The lowest BCUT2D eigenvalue weighted by Crippen LogP contribution is -1.16. The maximum absolute atomic E-state index is 4.58. The van der Waals surface area contributed by atoms with Crippen molar-refractivity contribution in [3.63, 3.8) is 0 Å². The van der Waals surface area contributed by atoms with Gasteiger partial charge in [-0.25, -0.2) is 0 Å². The second-order valence-electron chi connectivity index (χ2n) is 0.793. The molecule has 1 heterocycles. The van der Waals surface area contributed by atoms with Crippen LogP contribution in [0.1, 0.15) is 2.85 Å². The van der Waals surface area contributed by atoms with Gasteiger partial charge in [0.1, 0.15) is 0 Å². The first-order valence-electron chi connectivity index (χ1n) is 1.47. The Labute approximate surface area is 45.3 Å². The molecule has 0 aromatic carbocycles. The van der Waals surface area contributed by atoms with Crippen molar-refractivity contribution in [3.05, 3.63) is 24.7 Å².